The highest BCUT2D eigenvalue weighted by atomic mass is 32.1. The molecule has 0 atom stereocenters. The quantitative estimate of drug-likeness (QED) is 0.763. The molecular weight excluding hydrogens is 292 g/mol. The Morgan fingerprint density at radius 2 is 1.86 bits per heavy atom. The predicted molar refractivity (Wildman–Crippen MR) is 91.4 cm³/mol. The molecule has 0 aliphatic rings. The number of nitrogens with zero attached hydrogens (tertiary/aromatic N) is 1. The van der Waals surface area contributed by atoms with Crippen LogP contribution in [0, 0.1) is 13.8 Å². The van der Waals surface area contributed by atoms with Crippen LogP contribution in [-0.4, -0.2) is 10.9 Å². The van der Waals surface area contributed by atoms with E-state index in [4.69, 9.17) is 0 Å². The summed E-state index contributed by atoms with van der Waals surface area (Å²) in [6, 6.07) is 15.7. The van der Waals surface area contributed by atoms with Crippen molar-refractivity contribution >= 4 is 22.9 Å². The molecule has 4 heteroatoms. The van der Waals surface area contributed by atoms with Gasteiger partial charge in [0.1, 0.15) is 4.88 Å². The van der Waals surface area contributed by atoms with E-state index in [2.05, 4.69) is 16.4 Å². The molecule has 3 rings (SSSR count). The first-order chi connectivity index (χ1) is 10.6. The zero-order valence-corrected chi connectivity index (χ0v) is 13.3. The van der Waals surface area contributed by atoms with Gasteiger partial charge in [0.2, 0.25) is 0 Å². The number of aryl methyl sites for hydroxylation is 2. The van der Waals surface area contributed by atoms with Crippen molar-refractivity contribution in [3.63, 3.8) is 0 Å². The van der Waals surface area contributed by atoms with Gasteiger partial charge in [0.25, 0.3) is 5.91 Å². The summed E-state index contributed by atoms with van der Waals surface area (Å²) < 4.78 is 0. The Kier molecular flexibility index (Phi) is 4.02. The highest BCUT2D eigenvalue weighted by molar-refractivity contribution is 7.12. The van der Waals surface area contributed by atoms with Crippen molar-refractivity contribution in [3.05, 3.63) is 70.0 Å². The molecule has 1 heterocycles. The molecule has 0 spiro atoms. The molecule has 0 bridgehead atoms. The topological polar surface area (TPSA) is 42.0 Å². The number of carbonyl (C=O) groups is 1. The maximum atomic E-state index is 12.6. The van der Waals surface area contributed by atoms with Crippen molar-refractivity contribution in [2.45, 2.75) is 13.8 Å². The van der Waals surface area contributed by atoms with E-state index in [1.54, 1.807) is 5.51 Å². The van der Waals surface area contributed by atoms with Gasteiger partial charge < -0.3 is 5.32 Å². The van der Waals surface area contributed by atoms with Gasteiger partial charge in [-0.05, 0) is 25.5 Å². The molecule has 0 fully saturated rings. The fourth-order valence-corrected chi connectivity index (χ4v) is 3.05. The first-order valence-corrected chi connectivity index (χ1v) is 7.90. The maximum absolute atomic E-state index is 12.6. The van der Waals surface area contributed by atoms with Crippen LogP contribution in [0.2, 0.25) is 0 Å². The Balaban J connectivity index is 1.89. The number of amides is 1. The molecule has 0 unspecified atom stereocenters. The summed E-state index contributed by atoms with van der Waals surface area (Å²) in [5.41, 5.74) is 6.46. The molecule has 0 radical (unpaired) electrons. The van der Waals surface area contributed by atoms with Crippen LogP contribution in [0.25, 0.3) is 11.3 Å². The number of nitrogens with one attached hydrogen (secondary N) is 1. The van der Waals surface area contributed by atoms with Crippen molar-refractivity contribution in [3.8, 4) is 11.3 Å². The van der Waals surface area contributed by atoms with Crippen LogP contribution in [0.1, 0.15) is 20.8 Å². The largest absolute Gasteiger partial charge is 0.321 e. The zero-order chi connectivity index (χ0) is 15.5. The van der Waals surface area contributed by atoms with E-state index in [9.17, 15) is 4.79 Å². The zero-order valence-electron chi connectivity index (χ0n) is 12.5. The second-order valence-corrected chi connectivity index (χ2v) is 6.02. The van der Waals surface area contributed by atoms with Gasteiger partial charge in [-0.1, -0.05) is 48.0 Å². The van der Waals surface area contributed by atoms with Crippen LogP contribution < -0.4 is 5.32 Å². The highest BCUT2D eigenvalue weighted by Crippen LogP contribution is 2.26. The van der Waals surface area contributed by atoms with Gasteiger partial charge >= 0.3 is 0 Å². The Morgan fingerprint density at radius 3 is 2.59 bits per heavy atom. The monoisotopic (exact) mass is 308 g/mol. The summed E-state index contributed by atoms with van der Waals surface area (Å²) in [5, 5.41) is 2.98. The molecule has 3 nitrogen and oxygen atoms in total. The van der Waals surface area contributed by atoms with E-state index in [1.807, 2.05) is 56.3 Å². The van der Waals surface area contributed by atoms with E-state index in [0.29, 0.717) is 4.88 Å². The Hall–Kier alpha value is -2.46. The van der Waals surface area contributed by atoms with Crippen LogP contribution in [-0.2, 0) is 0 Å². The molecule has 0 saturated carbocycles. The van der Waals surface area contributed by atoms with Crippen molar-refractivity contribution in [1.29, 1.82) is 0 Å². The van der Waals surface area contributed by atoms with Gasteiger partial charge in [-0.25, -0.2) is 4.98 Å². The second-order valence-electron chi connectivity index (χ2n) is 5.17. The molecule has 0 aliphatic carbocycles. The summed E-state index contributed by atoms with van der Waals surface area (Å²) in [4.78, 5) is 17.5. The molecule has 2 aromatic carbocycles. The van der Waals surface area contributed by atoms with Gasteiger partial charge in [0.05, 0.1) is 11.2 Å². The highest BCUT2D eigenvalue weighted by Gasteiger charge is 2.16. The average Bonchev–Trinajstić information content (AvgIpc) is 3.00. The first-order valence-electron chi connectivity index (χ1n) is 7.02. The average molecular weight is 308 g/mol. The van der Waals surface area contributed by atoms with Crippen LogP contribution in [0.5, 0.6) is 0 Å². The molecule has 0 saturated heterocycles. The van der Waals surface area contributed by atoms with Crippen molar-refractivity contribution < 1.29 is 4.79 Å². The van der Waals surface area contributed by atoms with Gasteiger partial charge in [0.15, 0.2) is 0 Å². The number of hydrogen-bond acceptors (Lipinski definition) is 3. The number of carbonyl (C=O) groups excluding carboxylic acids is 1. The van der Waals surface area contributed by atoms with Gasteiger partial charge in [-0.3, -0.25) is 4.79 Å². The lowest BCUT2D eigenvalue weighted by Crippen LogP contribution is -2.12. The molecule has 1 amide bonds. The van der Waals surface area contributed by atoms with E-state index in [1.165, 1.54) is 16.9 Å². The number of thiazole rings is 1. The van der Waals surface area contributed by atoms with Crippen LogP contribution >= 0.6 is 11.3 Å². The molecule has 1 N–H and O–H groups in total. The number of benzene rings is 2. The summed E-state index contributed by atoms with van der Waals surface area (Å²) in [7, 11) is 0. The Labute approximate surface area is 133 Å². The number of anilines is 1. The maximum Gasteiger partial charge on any atom is 0.268 e. The van der Waals surface area contributed by atoms with Crippen LogP contribution in [0.4, 0.5) is 5.69 Å². The van der Waals surface area contributed by atoms with Gasteiger partial charge in [0, 0.05) is 11.3 Å². The van der Waals surface area contributed by atoms with Crippen LogP contribution in [0.3, 0.4) is 0 Å². The predicted octanol–water partition coefficient (Wildman–Crippen LogP) is 4.68. The van der Waals surface area contributed by atoms with Crippen LogP contribution in [0.15, 0.2) is 54.0 Å². The van der Waals surface area contributed by atoms with Gasteiger partial charge in [-0.2, -0.15) is 0 Å². The summed E-state index contributed by atoms with van der Waals surface area (Å²) in [5.74, 6) is -0.117. The summed E-state index contributed by atoms with van der Waals surface area (Å²) in [6.07, 6.45) is 0. The van der Waals surface area contributed by atoms with E-state index in [-0.39, 0.29) is 5.91 Å². The molecule has 3 aromatic rings. The first kappa shape index (κ1) is 14.5. The number of hydrogen-bond donors (Lipinski definition) is 1. The van der Waals surface area contributed by atoms with Crippen molar-refractivity contribution in [1.82, 2.24) is 4.98 Å². The van der Waals surface area contributed by atoms with Gasteiger partial charge in [-0.15, -0.1) is 11.3 Å². The molecular formula is C18H16N2OS. The molecule has 110 valence electrons. The van der Waals surface area contributed by atoms with E-state index in [0.717, 1.165) is 22.5 Å². The standard InChI is InChI=1S/C18H16N2OS/c1-12-8-9-15(13(2)10-12)20-18(21)17-16(19-11-22-17)14-6-4-3-5-7-14/h3-11H,1-2H3,(H,20,21). The minimum Gasteiger partial charge on any atom is -0.321 e. The number of rotatable bonds is 3. The lowest BCUT2D eigenvalue weighted by Gasteiger charge is -2.09. The smallest absolute Gasteiger partial charge is 0.268 e. The summed E-state index contributed by atoms with van der Waals surface area (Å²) >= 11 is 1.36. The fraction of sp³-hybridized carbons (Fsp3) is 0.111. The Bertz CT molecular complexity index is 809. The molecule has 22 heavy (non-hydrogen) atoms. The normalized spacial score (nSPS) is 10.5. The lowest BCUT2D eigenvalue weighted by atomic mass is 10.1. The minimum atomic E-state index is -0.117. The Morgan fingerprint density at radius 1 is 1.09 bits per heavy atom. The second kappa shape index (κ2) is 6.12. The number of aromatic nitrogens is 1. The third kappa shape index (κ3) is 2.92. The van der Waals surface area contributed by atoms with Crippen molar-refractivity contribution in [2.24, 2.45) is 0 Å². The third-order valence-corrected chi connectivity index (χ3v) is 4.28. The minimum absolute atomic E-state index is 0.117. The summed E-state index contributed by atoms with van der Waals surface area (Å²) in [6.45, 7) is 4.03. The van der Waals surface area contributed by atoms with E-state index < -0.39 is 0 Å². The molecule has 1 aromatic heterocycles. The van der Waals surface area contributed by atoms with Crippen molar-refractivity contribution in [2.75, 3.05) is 5.32 Å². The lowest BCUT2D eigenvalue weighted by molar-refractivity contribution is 0.103. The van der Waals surface area contributed by atoms with E-state index >= 15 is 0 Å². The SMILES string of the molecule is Cc1ccc(NC(=O)c2scnc2-c2ccccc2)c(C)c1. The molecule has 0 aliphatic heterocycles. The third-order valence-electron chi connectivity index (χ3n) is 3.45. The fourth-order valence-electron chi connectivity index (χ4n) is 2.34.